The minimum absolute atomic E-state index is 0.0496. The molecule has 4 aromatic carbocycles. The second-order valence-corrected chi connectivity index (χ2v) is 12.3. The normalized spacial score (nSPS) is 12.5. The number of amides is 2. The van der Waals surface area contributed by atoms with Gasteiger partial charge in [-0.3, -0.25) is 13.9 Å². The molecule has 230 valence electrons. The SMILES string of the molecule is CC[C@@H](C)NC(=O)[C@@H](CC)N(Cc1ccccc1)C(=O)CN(c1ccc(Oc2ccccc2)cc1)S(=O)(=O)c1ccccc1. The molecule has 8 nitrogen and oxygen atoms in total. The Kier molecular flexibility index (Phi) is 11.2. The van der Waals surface area contributed by atoms with Crippen molar-refractivity contribution >= 4 is 27.5 Å². The average Bonchev–Trinajstić information content (AvgIpc) is 3.05. The predicted octanol–water partition coefficient (Wildman–Crippen LogP) is 6.40. The van der Waals surface area contributed by atoms with E-state index in [1.165, 1.54) is 17.0 Å². The van der Waals surface area contributed by atoms with Gasteiger partial charge in [-0.15, -0.1) is 0 Å². The summed E-state index contributed by atoms with van der Waals surface area (Å²) in [6, 6.07) is 32.3. The number of para-hydroxylation sites is 1. The van der Waals surface area contributed by atoms with Crippen molar-refractivity contribution in [3.63, 3.8) is 0 Å². The number of nitrogens with one attached hydrogen (secondary N) is 1. The Hall–Kier alpha value is -4.63. The van der Waals surface area contributed by atoms with Crippen LogP contribution < -0.4 is 14.4 Å². The summed E-state index contributed by atoms with van der Waals surface area (Å²) in [6.45, 7) is 5.37. The Morgan fingerprint density at radius 2 is 1.30 bits per heavy atom. The van der Waals surface area contributed by atoms with Crippen molar-refractivity contribution in [1.29, 1.82) is 0 Å². The standard InChI is InChI=1S/C35H39N3O5S/c1-4-27(3)36-35(40)33(5-2)37(25-28-15-9-6-10-16-28)34(39)26-38(44(41,42)32-19-13-8-14-20-32)29-21-23-31(24-22-29)43-30-17-11-7-12-18-30/h6-24,27,33H,4-5,25-26H2,1-3H3,(H,36,40)/t27-,33-/m1/s1. The zero-order valence-electron chi connectivity index (χ0n) is 25.3. The van der Waals surface area contributed by atoms with Crippen molar-refractivity contribution in [2.45, 2.75) is 57.1 Å². The molecule has 1 N–H and O–H groups in total. The van der Waals surface area contributed by atoms with Crippen LogP contribution in [-0.2, 0) is 26.2 Å². The molecule has 0 aliphatic carbocycles. The van der Waals surface area contributed by atoms with Gasteiger partial charge in [0.2, 0.25) is 11.8 Å². The summed E-state index contributed by atoms with van der Waals surface area (Å²) in [5.74, 6) is 0.388. The van der Waals surface area contributed by atoms with Crippen molar-refractivity contribution in [3.05, 3.63) is 121 Å². The van der Waals surface area contributed by atoms with Crippen LogP contribution in [0.25, 0.3) is 0 Å². The molecule has 2 atom stereocenters. The molecule has 0 heterocycles. The summed E-state index contributed by atoms with van der Waals surface area (Å²) in [7, 11) is -4.16. The van der Waals surface area contributed by atoms with Gasteiger partial charge in [-0.1, -0.05) is 80.6 Å². The molecule has 0 radical (unpaired) electrons. The number of carbonyl (C=O) groups is 2. The van der Waals surface area contributed by atoms with E-state index in [-0.39, 0.29) is 23.4 Å². The molecular weight excluding hydrogens is 574 g/mol. The smallest absolute Gasteiger partial charge is 0.264 e. The fourth-order valence-corrected chi connectivity index (χ4v) is 6.13. The molecule has 4 aromatic rings. The number of ether oxygens (including phenoxy) is 1. The maximum Gasteiger partial charge on any atom is 0.264 e. The third kappa shape index (κ3) is 8.26. The van der Waals surface area contributed by atoms with Gasteiger partial charge in [0, 0.05) is 12.6 Å². The van der Waals surface area contributed by atoms with E-state index in [0.717, 1.165) is 16.3 Å². The van der Waals surface area contributed by atoms with Gasteiger partial charge in [0.1, 0.15) is 24.1 Å². The highest BCUT2D eigenvalue weighted by molar-refractivity contribution is 7.92. The van der Waals surface area contributed by atoms with Gasteiger partial charge >= 0.3 is 0 Å². The minimum atomic E-state index is -4.16. The fraction of sp³-hybridized carbons (Fsp3) is 0.257. The zero-order chi connectivity index (χ0) is 31.5. The van der Waals surface area contributed by atoms with E-state index >= 15 is 0 Å². The first-order valence-electron chi connectivity index (χ1n) is 14.8. The maximum atomic E-state index is 14.2. The summed E-state index contributed by atoms with van der Waals surface area (Å²) in [5.41, 5.74) is 1.12. The number of rotatable bonds is 14. The number of anilines is 1. The summed E-state index contributed by atoms with van der Waals surface area (Å²) in [6.07, 6.45) is 1.10. The van der Waals surface area contributed by atoms with Crippen LogP contribution in [0.2, 0.25) is 0 Å². The van der Waals surface area contributed by atoms with Crippen LogP contribution >= 0.6 is 0 Å². The van der Waals surface area contributed by atoms with Gasteiger partial charge in [0.15, 0.2) is 0 Å². The number of sulfonamides is 1. The molecule has 2 amide bonds. The third-order valence-corrected chi connectivity index (χ3v) is 9.08. The lowest BCUT2D eigenvalue weighted by molar-refractivity contribution is -0.140. The van der Waals surface area contributed by atoms with E-state index in [9.17, 15) is 18.0 Å². The molecule has 0 spiro atoms. The predicted molar refractivity (Wildman–Crippen MR) is 173 cm³/mol. The van der Waals surface area contributed by atoms with E-state index in [1.807, 2.05) is 81.4 Å². The van der Waals surface area contributed by atoms with Crippen molar-refractivity contribution < 1.29 is 22.7 Å². The Morgan fingerprint density at radius 1 is 0.750 bits per heavy atom. The van der Waals surface area contributed by atoms with Crippen LogP contribution in [0, 0.1) is 0 Å². The van der Waals surface area contributed by atoms with E-state index in [2.05, 4.69) is 5.32 Å². The summed E-state index contributed by atoms with van der Waals surface area (Å²) in [5, 5.41) is 2.99. The molecule has 9 heteroatoms. The Bertz CT molecular complexity index is 1600. The highest BCUT2D eigenvalue weighted by atomic mass is 32.2. The Labute approximate surface area is 260 Å². The van der Waals surface area contributed by atoms with Gasteiger partial charge in [-0.2, -0.15) is 0 Å². The monoisotopic (exact) mass is 613 g/mol. The van der Waals surface area contributed by atoms with Crippen molar-refractivity contribution in [1.82, 2.24) is 10.2 Å². The molecule has 0 aliphatic rings. The lowest BCUT2D eigenvalue weighted by Gasteiger charge is -2.33. The highest BCUT2D eigenvalue weighted by Crippen LogP contribution is 2.28. The summed E-state index contributed by atoms with van der Waals surface area (Å²) < 4.78 is 35.0. The van der Waals surface area contributed by atoms with Crippen molar-refractivity contribution in [3.8, 4) is 11.5 Å². The number of benzene rings is 4. The van der Waals surface area contributed by atoms with Gasteiger partial charge in [-0.05, 0) is 73.9 Å². The molecule has 4 rings (SSSR count). The van der Waals surface area contributed by atoms with E-state index < -0.39 is 28.5 Å². The molecule has 44 heavy (non-hydrogen) atoms. The highest BCUT2D eigenvalue weighted by Gasteiger charge is 2.34. The molecule has 0 saturated carbocycles. The number of nitrogens with zero attached hydrogens (tertiary/aromatic N) is 2. The topological polar surface area (TPSA) is 96.0 Å². The molecule has 0 aliphatic heterocycles. The molecule has 0 bridgehead atoms. The Balaban J connectivity index is 1.70. The van der Waals surface area contributed by atoms with Crippen LogP contribution in [0.4, 0.5) is 5.69 Å². The quantitative estimate of drug-likeness (QED) is 0.178. The summed E-state index contributed by atoms with van der Waals surface area (Å²) in [4.78, 5) is 29.1. The van der Waals surface area contributed by atoms with Crippen LogP contribution in [0.3, 0.4) is 0 Å². The minimum Gasteiger partial charge on any atom is -0.457 e. The fourth-order valence-electron chi connectivity index (χ4n) is 4.69. The average molecular weight is 614 g/mol. The van der Waals surface area contributed by atoms with Gasteiger partial charge in [0.05, 0.1) is 10.6 Å². The molecule has 0 unspecified atom stereocenters. The van der Waals surface area contributed by atoms with Crippen LogP contribution in [0.1, 0.15) is 39.2 Å². The largest absolute Gasteiger partial charge is 0.457 e. The lowest BCUT2D eigenvalue weighted by Crippen LogP contribution is -2.53. The second-order valence-electron chi connectivity index (χ2n) is 10.5. The molecule has 0 fully saturated rings. The van der Waals surface area contributed by atoms with Crippen molar-refractivity contribution in [2.75, 3.05) is 10.8 Å². The second kappa shape index (κ2) is 15.2. The van der Waals surface area contributed by atoms with E-state index in [1.54, 1.807) is 42.5 Å². The lowest BCUT2D eigenvalue weighted by atomic mass is 10.1. The first-order valence-corrected chi connectivity index (χ1v) is 16.2. The van der Waals surface area contributed by atoms with Gasteiger partial charge < -0.3 is 15.0 Å². The van der Waals surface area contributed by atoms with Crippen molar-refractivity contribution in [2.24, 2.45) is 0 Å². The number of hydrogen-bond acceptors (Lipinski definition) is 5. The number of carbonyl (C=O) groups excluding carboxylic acids is 2. The number of hydrogen-bond donors (Lipinski definition) is 1. The first kappa shape index (κ1) is 32.3. The maximum absolute atomic E-state index is 14.2. The first-order chi connectivity index (χ1) is 21.2. The van der Waals surface area contributed by atoms with Crippen LogP contribution in [0.5, 0.6) is 11.5 Å². The van der Waals surface area contributed by atoms with Crippen LogP contribution in [-0.4, -0.2) is 43.8 Å². The molecule has 0 aromatic heterocycles. The molecular formula is C35H39N3O5S. The van der Waals surface area contributed by atoms with Gasteiger partial charge in [0.25, 0.3) is 10.0 Å². The van der Waals surface area contributed by atoms with Gasteiger partial charge in [-0.25, -0.2) is 8.42 Å². The zero-order valence-corrected chi connectivity index (χ0v) is 26.1. The summed E-state index contributed by atoms with van der Waals surface area (Å²) >= 11 is 0. The van der Waals surface area contributed by atoms with E-state index in [0.29, 0.717) is 23.6 Å². The van der Waals surface area contributed by atoms with Crippen LogP contribution in [0.15, 0.2) is 120 Å². The third-order valence-electron chi connectivity index (χ3n) is 7.30. The molecule has 0 saturated heterocycles. The Morgan fingerprint density at radius 3 is 1.86 bits per heavy atom. The van der Waals surface area contributed by atoms with E-state index in [4.69, 9.17) is 4.74 Å².